The van der Waals surface area contributed by atoms with Crippen LogP contribution in [0.15, 0.2) is 29.3 Å². The molecule has 2 heterocycles. The van der Waals surface area contributed by atoms with Crippen LogP contribution in [0, 0.1) is 0 Å². The highest BCUT2D eigenvalue weighted by Gasteiger charge is 2.24. The van der Waals surface area contributed by atoms with E-state index in [-0.39, 0.29) is 5.56 Å². The molecule has 0 spiro atoms. The molecule has 0 radical (unpaired) electrons. The summed E-state index contributed by atoms with van der Waals surface area (Å²) < 4.78 is 2.09. The van der Waals surface area contributed by atoms with E-state index < -0.39 is 0 Å². The van der Waals surface area contributed by atoms with Crippen molar-refractivity contribution in [3.8, 4) is 0 Å². The molecule has 3 rings (SSSR count). The lowest BCUT2D eigenvalue weighted by molar-refractivity contribution is 0.772. The average molecular weight is 174 g/mol. The van der Waals surface area contributed by atoms with Gasteiger partial charge in [-0.15, -0.1) is 0 Å². The summed E-state index contributed by atoms with van der Waals surface area (Å²) in [5.41, 5.74) is 0.847. The molecule has 0 amide bonds. The Kier molecular flexibility index (Phi) is 1.20. The van der Waals surface area contributed by atoms with Crippen molar-refractivity contribution in [3.63, 3.8) is 0 Å². The van der Waals surface area contributed by atoms with Gasteiger partial charge in [-0.25, -0.2) is 0 Å². The summed E-state index contributed by atoms with van der Waals surface area (Å²) >= 11 is 0. The maximum absolute atomic E-state index is 11.5. The van der Waals surface area contributed by atoms with Crippen LogP contribution in [-0.4, -0.2) is 9.55 Å². The monoisotopic (exact) mass is 174 g/mol. The van der Waals surface area contributed by atoms with E-state index in [1.54, 1.807) is 6.20 Å². The lowest BCUT2D eigenvalue weighted by Gasteiger charge is -1.99. The molecule has 2 aromatic heterocycles. The number of fused-ring (bicyclic) bond motifs is 1. The van der Waals surface area contributed by atoms with Gasteiger partial charge in [-0.3, -0.25) is 4.79 Å². The molecule has 3 heteroatoms. The summed E-state index contributed by atoms with van der Waals surface area (Å²) in [4.78, 5) is 14.2. The molecule has 0 atom stereocenters. The first-order valence-corrected chi connectivity index (χ1v) is 4.54. The van der Waals surface area contributed by atoms with Crippen molar-refractivity contribution >= 4 is 10.9 Å². The Hall–Kier alpha value is -1.51. The van der Waals surface area contributed by atoms with Crippen molar-refractivity contribution in [1.82, 2.24) is 9.55 Å². The van der Waals surface area contributed by atoms with Crippen molar-refractivity contribution < 1.29 is 0 Å². The lowest BCUT2D eigenvalue weighted by atomic mass is 10.3. The zero-order valence-corrected chi connectivity index (χ0v) is 7.16. The zero-order chi connectivity index (χ0) is 8.84. The van der Waals surface area contributed by atoms with Gasteiger partial charge in [0.1, 0.15) is 5.52 Å². The number of H-pyrrole nitrogens is 1. The Morgan fingerprint density at radius 3 is 3.00 bits per heavy atom. The number of aromatic nitrogens is 2. The minimum absolute atomic E-state index is 0.0226. The predicted molar refractivity (Wildman–Crippen MR) is 50.8 cm³/mol. The van der Waals surface area contributed by atoms with Crippen LogP contribution in [-0.2, 0) is 0 Å². The van der Waals surface area contributed by atoms with Gasteiger partial charge in [-0.05, 0) is 25.0 Å². The Morgan fingerprint density at radius 1 is 1.38 bits per heavy atom. The molecule has 0 saturated heterocycles. The summed E-state index contributed by atoms with van der Waals surface area (Å²) in [7, 11) is 0. The van der Waals surface area contributed by atoms with E-state index in [0.717, 1.165) is 10.9 Å². The molecule has 66 valence electrons. The fourth-order valence-electron chi connectivity index (χ4n) is 1.78. The molecule has 3 nitrogen and oxygen atoms in total. The first kappa shape index (κ1) is 6.95. The van der Waals surface area contributed by atoms with Crippen LogP contribution in [0.2, 0.25) is 0 Å². The summed E-state index contributed by atoms with van der Waals surface area (Å²) in [6.07, 6.45) is 6.12. The Morgan fingerprint density at radius 2 is 2.23 bits per heavy atom. The molecule has 1 N–H and O–H groups in total. The van der Waals surface area contributed by atoms with Crippen molar-refractivity contribution in [3.05, 3.63) is 34.9 Å². The quantitative estimate of drug-likeness (QED) is 0.701. The van der Waals surface area contributed by atoms with Crippen LogP contribution >= 0.6 is 0 Å². The Balaban J connectivity index is 2.41. The van der Waals surface area contributed by atoms with Crippen LogP contribution in [0.1, 0.15) is 18.9 Å². The van der Waals surface area contributed by atoms with Gasteiger partial charge in [0, 0.05) is 23.8 Å². The Bertz CT molecular complexity index is 505. The third-order valence-corrected chi connectivity index (χ3v) is 2.58. The third-order valence-electron chi connectivity index (χ3n) is 2.58. The third kappa shape index (κ3) is 0.932. The van der Waals surface area contributed by atoms with E-state index in [2.05, 4.69) is 9.55 Å². The second-order valence-electron chi connectivity index (χ2n) is 3.56. The predicted octanol–water partition coefficient (Wildman–Crippen LogP) is 1.66. The highest BCUT2D eigenvalue weighted by Crippen LogP contribution is 2.36. The fourth-order valence-corrected chi connectivity index (χ4v) is 1.78. The largest absolute Gasteiger partial charge is 0.340 e. The summed E-state index contributed by atoms with van der Waals surface area (Å²) in [6, 6.07) is 4.51. The average Bonchev–Trinajstić information content (AvgIpc) is 2.87. The summed E-state index contributed by atoms with van der Waals surface area (Å²) in [5.74, 6) is 0. The maximum atomic E-state index is 11.5. The van der Waals surface area contributed by atoms with Gasteiger partial charge in [0.25, 0.3) is 5.56 Å². The molecule has 2 aromatic rings. The van der Waals surface area contributed by atoms with E-state index in [1.165, 1.54) is 12.8 Å². The number of rotatable bonds is 1. The smallest absolute Gasteiger partial charge is 0.272 e. The molecule has 0 unspecified atom stereocenters. The van der Waals surface area contributed by atoms with Gasteiger partial charge in [0.05, 0.1) is 0 Å². The zero-order valence-electron chi connectivity index (χ0n) is 7.16. The molecule has 0 aromatic carbocycles. The number of nitrogens with one attached hydrogen (secondary N) is 1. The highest BCUT2D eigenvalue weighted by molar-refractivity contribution is 5.79. The number of aromatic amines is 1. The molecule has 13 heavy (non-hydrogen) atoms. The summed E-state index contributed by atoms with van der Waals surface area (Å²) in [5, 5.41) is 1.04. The first-order valence-electron chi connectivity index (χ1n) is 4.54. The van der Waals surface area contributed by atoms with E-state index in [1.807, 2.05) is 18.3 Å². The molecule has 1 saturated carbocycles. The topological polar surface area (TPSA) is 37.8 Å². The SMILES string of the molecule is O=c1[nH]ccc2ccn(C3CC3)c12. The van der Waals surface area contributed by atoms with E-state index in [9.17, 15) is 4.79 Å². The first-order chi connectivity index (χ1) is 6.36. The molecule has 0 bridgehead atoms. The van der Waals surface area contributed by atoms with Gasteiger partial charge in [-0.1, -0.05) is 0 Å². The van der Waals surface area contributed by atoms with Crippen molar-refractivity contribution in [1.29, 1.82) is 0 Å². The van der Waals surface area contributed by atoms with Crippen LogP contribution < -0.4 is 5.56 Å². The minimum atomic E-state index is 0.0226. The fraction of sp³-hybridized carbons (Fsp3) is 0.300. The number of hydrogen-bond acceptors (Lipinski definition) is 1. The van der Waals surface area contributed by atoms with Crippen molar-refractivity contribution in [2.24, 2.45) is 0 Å². The number of nitrogens with zero attached hydrogens (tertiary/aromatic N) is 1. The summed E-state index contributed by atoms with van der Waals surface area (Å²) in [6.45, 7) is 0. The van der Waals surface area contributed by atoms with Crippen LogP contribution in [0.5, 0.6) is 0 Å². The molecular weight excluding hydrogens is 164 g/mol. The van der Waals surface area contributed by atoms with Gasteiger partial charge >= 0.3 is 0 Å². The van der Waals surface area contributed by atoms with Crippen LogP contribution in [0.25, 0.3) is 10.9 Å². The van der Waals surface area contributed by atoms with Crippen molar-refractivity contribution in [2.45, 2.75) is 18.9 Å². The maximum Gasteiger partial charge on any atom is 0.272 e. The minimum Gasteiger partial charge on any atom is -0.340 e. The van der Waals surface area contributed by atoms with Crippen molar-refractivity contribution in [2.75, 3.05) is 0 Å². The van der Waals surface area contributed by atoms with Gasteiger partial charge < -0.3 is 9.55 Å². The number of hydrogen-bond donors (Lipinski definition) is 1. The second-order valence-corrected chi connectivity index (χ2v) is 3.56. The van der Waals surface area contributed by atoms with Gasteiger partial charge in [0.2, 0.25) is 0 Å². The number of pyridine rings is 1. The van der Waals surface area contributed by atoms with E-state index in [0.29, 0.717) is 6.04 Å². The highest BCUT2D eigenvalue weighted by atomic mass is 16.1. The Labute approximate surface area is 75.0 Å². The molecule has 0 aliphatic heterocycles. The van der Waals surface area contributed by atoms with Crippen LogP contribution in [0.3, 0.4) is 0 Å². The van der Waals surface area contributed by atoms with E-state index in [4.69, 9.17) is 0 Å². The second kappa shape index (κ2) is 2.25. The normalized spacial score (nSPS) is 16.6. The van der Waals surface area contributed by atoms with Gasteiger partial charge in [-0.2, -0.15) is 0 Å². The van der Waals surface area contributed by atoms with Crippen LogP contribution in [0.4, 0.5) is 0 Å². The van der Waals surface area contributed by atoms with Gasteiger partial charge in [0.15, 0.2) is 0 Å². The molecule has 1 fully saturated rings. The molecule has 1 aliphatic carbocycles. The molecule has 1 aliphatic rings. The standard InChI is InChI=1S/C10H10N2O/c13-10-9-7(3-5-11-10)4-6-12(9)8-1-2-8/h3-6,8H,1-2H2,(H,11,13). The lowest BCUT2D eigenvalue weighted by Crippen LogP contribution is -2.08. The molecular formula is C10H10N2O. The van der Waals surface area contributed by atoms with E-state index >= 15 is 0 Å².